The smallest absolute Gasteiger partial charge is 0.337 e. The first-order chi connectivity index (χ1) is 15.8. The summed E-state index contributed by atoms with van der Waals surface area (Å²) in [5.41, 5.74) is 1.35. The summed E-state index contributed by atoms with van der Waals surface area (Å²) in [4.78, 5) is 42.8. The second-order valence-corrected chi connectivity index (χ2v) is 8.27. The highest BCUT2D eigenvalue weighted by Gasteiger charge is 2.22. The number of nitrogens with one attached hydrogen (secondary N) is 1. The van der Waals surface area contributed by atoms with Crippen molar-refractivity contribution in [2.75, 3.05) is 56.0 Å². The molecule has 0 unspecified atom stereocenters. The Labute approximate surface area is 198 Å². The van der Waals surface area contributed by atoms with Crippen molar-refractivity contribution in [3.05, 3.63) is 58.6 Å². The summed E-state index contributed by atoms with van der Waals surface area (Å²) in [5.74, 6) is -1.43. The van der Waals surface area contributed by atoms with E-state index in [2.05, 4.69) is 15.1 Å². The number of carboxylic acid groups (broad SMARTS) is 1. The highest BCUT2D eigenvalue weighted by Crippen LogP contribution is 2.25. The Morgan fingerprint density at radius 1 is 1.03 bits per heavy atom. The predicted molar refractivity (Wildman–Crippen MR) is 129 cm³/mol. The summed E-state index contributed by atoms with van der Waals surface area (Å²) < 4.78 is 0. The largest absolute Gasteiger partial charge is 0.478 e. The molecule has 1 saturated heterocycles. The van der Waals surface area contributed by atoms with Crippen molar-refractivity contribution < 1.29 is 19.5 Å². The molecule has 3 rings (SSSR count). The fourth-order valence-electron chi connectivity index (χ4n) is 3.87. The van der Waals surface area contributed by atoms with Crippen LogP contribution in [0.3, 0.4) is 0 Å². The number of carbonyl (C=O) groups excluding carboxylic acids is 2. The molecular formula is C24H29ClN4O4. The molecule has 0 spiro atoms. The normalized spacial score (nSPS) is 14.1. The van der Waals surface area contributed by atoms with Gasteiger partial charge in [0.1, 0.15) is 0 Å². The fourth-order valence-corrected chi connectivity index (χ4v) is 4.06. The Balaban J connectivity index is 1.67. The van der Waals surface area contributed by atoms with Crippen LogP contribution in [0, 0.1) is 0 Å². The lowest BCUT2D eigenvalue weighted by Crippen LogP contribution is -2.50. The Kier molecular flexibility index (Phi) is 8.30. The van der Waals surface area contributed by atoms with E-state index in [0.717, 1.165) is 5.69 Å². The van der Waals surface area contributed by atoms with Gasteiger partial charge in [-0.25, -0.2) is 4.79 Å². The molecule has 0 aromatic heterocycles. The number of halogens is 1. The molecule has 1 fully saturated rings. The minimum atomic E-state index is -1.12. The maximum Gasteiger partial charge on any atom is 0.337 e. The van der Waals surface area contributed by atoms with E-state index in [4.69, 9.17) is 11.6 Å². The first-order valence-electron chi connectivity index (χ1n) is 11.0. The van der Waals surface area contributed by atoms with E-state index in [1.807, 2.05) is 18.7 Å². The van der Waals surface area contributed by atoms with Gasteiger partial charge in [0.15, 0.2) is 0 Å². The summed E-state index contributed by atoms with van der Waals surface area (Å²) in [6, 6.07) is 11.4. The van der Waals surface area contributed by atoms with Gasteiger partial charge in [0.2, 0.25) is 5.91 Å². The molecule has 0 atom stereocenters. The zero-order valence-corrected chi connectivity index (χ0v) is 19.6. The predicted octanol–water partition coefficient (Wildman–Crippen LogP) is 3.28. The molecule has 1 aliphatic heterocycles. The third-order valence-corrected chi connectivity index (χ3v) is 6.02. The summed E-state index contributed by atoms with van der Waals surface area (Å²) in [6.07, 6.45) is 0. The van der Waals surface area contributed by atoms with Crippen LogP contribution in [0.15, 0.2) is 42.5 Å². The zero-order valence-electron chi connectivity index (χ0n) is 18.9. The second-order valence-electron chi connectivity index (χ2n) is 7.83. The Bertz CT molecular complexity index is 1020. The molecule has 0 aliphatic carbocycles. The van der Waals surface area contributed by atoms with Crippen LogP contribution in [0.25, 0.3) is 0 Å². The topological polar surface area (TPSA) is 93.2 Å². The summed E-state index contributed by atoms with van der Waals surface area (Å²) in [7, 11) is 0. The first-order valence-corrected chi connectivity index (χ1v) is 11.4. The molecule has 1 heterocycles. The molecule has 176 valence electrons. The number of nitrogens with zero attached hydrogens (tertiary/aromatic N) is 3. The van der Waals surface area contributed by atoms with E-state index < -0.39 is 11.9 Å². The Morgan fingerprint density at radius 2 is 1.73 bits per heavy atom. The van der Waals surface area contributed by atoms with Crippen molar-refractivity contribution in [2.45, 2.75) is 13.8 Å². The van der Waals surface area contributed by atoms with Crippen molar-refractivity contribution in [2.24, 2.45) is 0 Å². The maximum absolute atomic E-state index is 12.5. The van der Waals surface area contributed by atoms with E-state index in [9.17, 15) is 19.5 Å². The van der Waals surface area contributed by atoms with Crippen molar-refractivity contribution in [1.29, 1.82) is 0 Å². The van der Waals surface area contributed by atoms with Crippen LogP contribution in [-0.2, 0) is 4.79 Å². The van der Waals surface area contributed by atoms with E-state index >= 15 is 0 Å². The highest BCUT2D eigenvalue weighted by atomic mass is 35.5. The number of anilines is 2. The number of aromatic carboxylic acids is 1. The first kappa shape index (κ1) is 24.5. The molecule has 0 radical (unpaired) electrons. The lowest BCUT2D eigenvalue weighted by atomic mass is 10.1. The van der Waals surface area contributed by atoms with E-state index in [1.165, 1.54) is 6.07 Å². The maximum atomic E-state index is 12.5. The lowest BCUT2D eigenvalue weighted by Gasteiger charge is -2.36. The fraction of sp³-hybridized carbons (Fsp3) is 0.375. The van der Waals surface area contributed by atoms with Crippen molar-refractivity contribution in [3.63, 3.8) is 0 Å². The van der Waals surface area contributed by atoms with Gasteiger partial charge in [0, 0.05) is 55.5 Å². The van der Waals surface area contributed by atoms with Crippen LogP contribution in [-0.4, -0.2) is 78.5 Å². The van der Waals surface area contributed by atoms with Gasteiger partial charge in [-0.15, -0.1) is 0 Å². The minimum absolute atomic E-state index is 0.0158. The number of carbonyl (C=O) groups is 3. The SMILES string of the molecule is CCN(CC)C(=O)CN1CCN(c2ccc(NC(=O)c3cccc(Cl)c3)c(C(=O)O)c2)CC1. The number of hydrogen-bond acceptors (Lipinski definition) is 5. The highest BCUT2D eigenvalue weighted by molar-refractivity contribution is 6.31. The third-order valence-electron chi connectivity index (χ3n) is 5.78. The number of carboxylic acids is 1. The van der Waals surface area contributed by atoms with Gasteiger partial charge in [-0.3, -0.25) is 14.5 Å². The van der Waals surface area contributed by atoms with Crippen LogP contribution in [0.5, 0.6) is 0 Å². The minimum Gasteiger partial charge on any atom is -0.478 e. The molecule has 2 N–H and O–H groups in total. The standard InChI is InChI=1S/C24H29ClN4O4/c1-3-28(4-2)22(30)16-27-10-12-29(13-11-27)19-8-9-21(20(15-19)24(32)33)26-23(31)17-6-5-7-18(25)14-17/h5-9,14-15H,3-4,10-13,16H2,1-2H3,(H,26,31)(H,32,33). The van der Waals surface area contributed by atoms with Crippen LogP contribution in [0.4, 0.5) is 11.4 Å². The third kappa shape index (κ3) is 6.24. The summed E-state index contributed by atoms with van der Waals surface area (Å²) in [5, 5.41) is 12.8. The van der Waals surface area contributed by atoms with Crippen LogP contribution < -0.4 is 10.2 Å². The molecule has 0 saturated carbocycles. The molecule has 0 bridgehead atoms. The average Bonchev–Trinajstić information content (AvgIpc) is 2.80. The number of likely N-dealkylation sites (N-methyl/N-ethyl adjacent to an activating group) is 1. The van der Waals surface area contributed by atoms with E-state index in [-0.39, 0.29) is 17.2 Å². The second kappa shape index (κ2) is 11.2. The number of amides is 2. The molecule has 2 aromatic rings. The van der Waals surface area contributed by atoms with Gasteiger partial charge in [0.05, 0.1) is 17.8 Å². The molecule has 1 aliphatic rings. The molecule has 2 amide bonds. The zero-order chi connectivity index (χ0) is 24.0. The Morgan fingerprint density at radius 3 is 2.33 bits per heavy atom. The molecular weight excluding hydrogens is 444 g/mol. The van der Waals surface area contributed by atoms with Crippen LogP contribution in [0.1, 0.15) is 34.6 Å². The Hall–Kier alpha value is -3.10. The van der Waals surface area contributed by atoms with Gasteiger partial charge >= 0.3 is 5.97 Å². The van der Waals surface area contributed by atoms with Crippen molar-refractivity contribution in [3.8, 4) is 0 Å². The molecule has 8 nitrogen and oxygen atoms in total. The van der Waals surface area contributed by atoms with Gasteiger partial charge < -0.3 is 20.2 Å². The van der Waals surface area contributed by atoms with Crippen LogP contribution in [0.2, 0.25) is 5.02 Å². The molecule has 2 aromatic carbocycles. The van der Waals surface area contributed by atoms with E-state index in [1.54, 1.807) is 36.4 Å². The summed E-state index contributed by atoms with van der Waals surface area (Å²) in [6.45, 7) is 8.52. The van der Waals surface area contributed by atoms with E-state index in [0.29, 0.717) is 56.4 Å². The van der Waals surface area contributed by atoms with Crippen molar-refractivity contribution >= 4 is 40.8 Å². The average molecular weight is 473 g/mol. The molecule has 33 heavy (non-hydrogen) atoms. The number of hydrogen-bond donors (Lipinski definition) is 2. The van der Waals surface area contributed by atoms with Gasteiger partial charge in [-0.1, -0.05) is 17.7 Å². The van der Waals surface area contributed by atoms with Gasteiger partial charge in [-0.2, -0.15) is 0 Å². The number of benzene rings is 2. The molecule has 9 heteroatoms. The number of rotatable bonds is 8. The van der Waals surface area contributed by atoms with Crippen molar-refractivity contribution in [1.82, 2.24) is 9.80 Å². The quantitative estimate of drug-likeness (QED) is 0.612. The number of piperazine rings is 1. The lowest BCUT2D eigenvalue weighted by molar-refractivity contribution is -0.132. The summed E-state index contributed by atoms with van der Waals surface area (Å²) >= 11 is 5.94. The van der Waals surface area contributed by atoms with Gasteiger partial charge in [-0.05, 0) is 50.2 Å². The monoisotopic (exact) mass is 472 g/mol. The van der Waals surface area contributed by atoms with Gasteiger partial charge in [0.25, 0.3) is 5.91 Å². The van der Waals surface area contributed by atoms with Crippen LogP contribution >= 0.6 is 11.6 Å².